The summed E-state index contributed by atoms with van der Waals surface area (Å²) in [5.41, 5.74) is 3.24. The zero-order valence-electron chi connectivity index (χ0n) is 11.1. The van der Waals surface area contributed by atoms with Gasteiger partial charge in [0.05, 0.1) is 11.8 Å². The number of aromatic nitrogens is 4. The van der Waals surface area contributed by atoms with Gasteiger partial charge in [0.15, 0.2) is 0 Å². The fraction of sp³-hybridized carbons (Fsp3) is 0.333. The minimum absolute atomic E-state index is 0.741. The summed E-state index contributed by atoms with van der Waals surface area (Å²) in [4.78, 5) is 4.63. The van der Waals surface area contributed by atoms with E-state index in [2.05, 4.69) is 28.3 Å². The molecule has 0 bridgehead atoms. The van der Waals surface area contributed by atoms with Gasteiger partial charge in [-0.05, 0) is 43.4 Å². The molecule has 1 radical (unpaired) electrons. The van der Waals surface area contributed by atoms with Crippen molar-refractivity contribution < 1.29 is 0 Å². The van der Waals surface area contributed by atoms with Crippen molar-refractivity contribution in [3.8, 4) is 5.82 Å². The molecule has 0 aromatic carbocycles. The van der Waals surface area contributed by atoms with Gasteiger partial charge in [-0.15, -0.1) is 0 Å². The second kappa shape index (κ2) is 3.70. The van der Waals surface area contributed by atoms with E-state index in [0.717, 1.165) is 23.1 Å². The van der Waals surface area contributed by atoms with E-state index in [9.17, 15) is 0 Å². The van der Waals surface area contributed by atoms with E-state index in [4.69, 9.17) is 0 Å². The molecule has 1 fully saturated rings. The number of hydrogen-bond acceptors (Lipinski definition) is 2. The molecule has 1 saturated carbocycles. The van der Waals surface area contributed by atoms with Crippen molar-refractivity contribution in [2.45, 2.75) is 25.7 Å². The Labute approximate surface area is 111 Å². The van der Waals surface area contributed by atoms with Gasteiger partial charge in [0.1, 0.15) is 11.5 Å². The maximum atomic E-state index is 4.63. The van der Waals surface area contributed by atoms with Crippen LogP contribution in [0.25, 0.3) is 16.9 Å². The molecule has 95 valence electrons. The molecular weight excluding hydrogens is 236 g/mol. The molecule has 4 rings (SSSR count). The number of aryl methyl sites for hydroxylation is 2. The maximum absolute atomic E-state index is 4.63. The van der Waals surface area contributed by atoms with E-state index in [-0.39, 0.29) is 0 Å². The van der Waals surface area contributed by atoms with Crippen LogP contribution in [0.2, 0.25) is 0 Å². The van der Waals surface area contributed by atoms with Crippen LogP contribution in [0.15, 0.2) is 24.5 Å². The first-order valence-electron chi connectivity index (χ1n) is 6.62. The summed E-state index contributed by atoms with van der Waals surface area (Å²) >= 11 is 0. The molecule has 0 atom stereocenters. The molecule has 3 aromatic rings. The van der Waals surface area contributed by atoms with Gasteiger partial charge in [-0.25, -0.2) is 4.98 Å². The van der Waals surface area contributed by atoms with Gasteiger partial charge >= 0.3 is 0 Å². The van der Waals surface area contributed by atoms with Crippen LogP contribution in [0.3, 0.4) is 0 Å². The van der Waals surface area contributed by atoms with Crippen LogP contribution in [-0.4, -0.2) is 19.3 Å². The topological polar surface area (TPSA) is 35.6 Å². The molecule has 0 N–H and O–H groups in total. The number of nitrogens with zero attached hydrogens (tertiary/aromatic N) is 4. The second-order valence-electron chi connectivity index (χ2n) is 5.30. The van der Waals surface area contributed by atoms with Crippen molar-refractivity contribution >= 4 is 11.0 Å². The molecule has 1 aliphatic rings. The smallest absolute Gasteiger partial charge is 0.145 e. The predicted octanol–water partition coefficient (Wildman–Crippen LogP) is 2.75. The standard InChI is InChI=1S/C15H15N4/c1-10-7-14(18(2)17-10)19-6-5-12-8-13(11-3-4-11)9-16-15(12)19/h5-6,8-9,11H,3-4H2,1-2H3. The summed E-state index contributed by atoms with van der Waals surface area (Å²) in [5, 5.41) is 5.53. The Balaban J connectivity index is 1.88. The molecule has 0 saturated heterocycles. The molecule has 0 spiro atoms. The molecule has 3 heterocycles. The minimum Gasteiger partial charge on any atom is -0.285 e. The Hall–Kier alpha value is -2.10. The lowest BCUT2D eigenvalue weighted by Gasteiger charge is -2.04. The Morgan fingerprint density at radius 2 is 2.21 bits per heavy atom. The van der Waals surface area contributed by atoms with Crippen molar-refractivity contribution in [2.75, 3.05) is 0 Å². The fourth-order valence-electron chi connectivity index (χ4n) is 2.61. The molecule has 0 unspecified atom stereocenters. The van der Waals surface area contributed by atoms with Crippen LogP contribution in [0, 0.1) is 13.0 Å². The number of pyridine rings is 1. The van der Waals surface area contributed by atoms with Crippen molar-refractivity contribution in [1.29, 1.82) is 0 Å². The Morgan fingerprint density at radius 3 is 2.89 bits per heavy atom. The lowest BCUT2D eigenvalue weighted by Crippen LogP contribution is -2.02. The highest BCUT2D eigenvalue weighted by atomic mass is 15.3. The molecule has 4 heteroatoms. The second-order valence-corrected chi connectivity index (χ2v) is 5.30. The SMILES string of the molecule is Cc1[c]c(-n2ccc3cc(C4CC4)cnc32)n(C)n1. The van der Waals surface area contributed by atoms with Gasteiger partial charge < -0.3 is 0 Å². The van der Waals surface area contributed by atoms with Gasteiger partial charge in [-0.3, -0.25) is 9.25 Å². The van der Waals surface area contributed by atoms with Crippen molar-refractivity contribution in [3.05, 3.63) is 41.9 Å². The zero-order valence-corrected chi connectivity index (χ0v) is 11.1. The summed E-state index contributed by atoms with van der Waals surface area (Å²) in [6.07, 6.45) is 6.67. The number of rotatable bonds is 2. The first-order valence-corrected chi connectivity index (χ1v) is 6.62. The third-order valence-electron chi connectivity index (χ3n) is 3.72. The summed E-state index contributed by atoms with van der Waals surface area (Å²) in [6.45, 7) is 1.95. The summed E-state index contributed by atoms with van der Waals surface area (Å²) < 4.78 is 3.89. The predicted molar refractivity (Wildman–Crippen MR) is 73.4 cm³/mol. The van der Waals surface area contributed by atoms with Crippen LogP contribution < -0.4 is 0 Å². The summed E-state index contributed by atoms with van der Waals surface area (Å²) in [5.74, 6) is 1.67. The molecule has 3 aromatic heterocycles. The van der Waals surface area contributed by atoms with Gasteiger partial charge in [0.2, 0.25) is 0 Å². The first kappa shape index (κ1) is 10.8. The quantitative estimate of drug-likeness (QED) is 0.702. The highest BCUT2D eigenvalue weighted by molar-refractivity contribution is 5.78. The number of fused-ring (bicyclic) bond motifs is 1. The van der Waals surface area contributed by atoms with Crippen molar-refractivity contribution in [2.24, 2.45) is 7.05 Å². The van der Waals surface area contributed by atoms with Crippen LogP contribution in [-0.2, 0) is 7.05 Å². The van der Waals surface area contributed by atoms with Gasteiger partial charge in [0, 0.05) is 24.8 Å². The van der Waals surface area contributed by atoms with Crippen molar-refractivity contribution in [3.63, 3.8) is 0 Å². The van der Waals surface area contributed by atoms with E-state index >= 15 is 0 Å². The lowest BCUT2D eigenvalue weighted by atomic mass is 10.1. The normalized spacial score (nSPS) is 15.3. The van der Waals surface area contributed by atoms with Crippen LogP contribution >= 0.6 is 0 Å². The highest BCUT2D eigenvalue weighted by Gasteiger charge is 2.24. The fourth-order valence-corrected chi connectivity index (χ4v) is 2.61. The third kappa shape index (κ3) is 1.67. The molecule has 19 heavy (non-hydrogen) atoms. The average molecular weight is 251 g/mol. The Bertz CT molecular complexity index is 762. The minimum atomic E-state index is 0.741. The van der Waals surface area contributed by atoms with E-state index < -0.39 is 0 Å². The molecule has 1 aliphatic carbocycles. The first-order chi connectivity index (χ1) is 9.22. The van der Waals surface area contributed by atoms with Crippen LogP contribution in [0.4, 0.5) is 0 Å². The Kier molecular flexibility index (Phi) is 2.10. The summed E-state index contributed by atoms with van der Waals surface area (Å²) in [6, 6.07) is 7.64. The third-order valence-corrected chi connectivity index (χ3v) is 3.72. The van der Waals surface area contributed by atoms with Crippen molar-refractivity contribution in [1.82, 2.24) is 19.3 Å². The van der Waals surface area contributed by atoms with Gasteiger partial charge in [-0.2, -0.15) is 5.10 Å². The molecular formula is C15H15N4. The molecule has 4 nitrogen and oxygen atoms in total. The van der Waals surface area contributed by atoms with E-state index in [0.29, 0.717) is 0 Å². The van der Waals surface area contributed by atoms with E-state index in [1.54, 1.807) is 0 Å². The average Bonchev–Trinajstić information content (AvgIpc) is 3.08. The highest BCUT2D eigenvalue weighted by Crippen LogP contribution is 2.40. The summed E-state index contributed by atoms with van der Waals surface area (Å²) in [7, 11) is 1.93. The molecule has 0 aliphatic heterocycles. The van der Waals surface area contributed by atoms with Gasteiger partial charge in [-0.1, -0.05) is 0 Å². The monoisotopic (exact) mass is 251 g/mol. The van der Waals surface area contributed by atoms with Gasteiger partial charge in [0.25, 0.3) is 0 Å². The number of hydrogen-bond donors (Lipinski definition) is 0. The maximum Gasteiger partial charge on any atom is 0.145 e. The molecule has 0 amide bonds. The van der Waals surface area contributed by atoms with Crippen LogP contribution in [0.5, 0.6) is 0 Å². The van der Waals surface area contributed by atoms with E-state index in [1.807, 2.05) is 35.6 Å². The van der Waals surface area contributed by atoms with Crippen LogP contribution in [0.1, 0.15) is 30.0 Å². The largest absolute Gasteiger partial charge is 0.285 e. The van der Waals surface area contributed by atoms with E-state index in [1.165, 1.54) is 23.8 Å². The Morgan fingerprint density at radius 1 is 1.37 bits per heavy atom. The zero-order chi connectivity index (χ0) is 13.0. The lowest BCUT2D eigenvalue weighted by molar-refractivity contribution is 0.726.